The number of rotatable bonds is 4. The van der Waals surface area contributed by atoms with Gasteiger partial charge < -0.3 is 14.2 Å². The van der Waals surface area contributed by atoms with Crippen molar-refractivity contribution in [2.24, 2.45) is 0 Å². The zero-order chi connectivity index (χ0) is 11.4. The molecule has 0 saturated carbocycles. The summed E-state index contributed by atoms with van der Waals surface area (Å²) in [6.07, 6.45) is 0.702. The average Bonchev–Trinajstić information content (AvgIpc) is 2.27. The third kappa shape index (κ3) is 1.88. The average molecular weight is 210 g/mol. The molecule has 4 heteroatoms. The van der Waals surface area contributed by atoms with Gasteiger partial charge in [0.2, 0.25) is 0 Å². The van der Waals surface area contributed by atoms with Gasteiger partial charge in [0.05, 0.1) is 21.3 Å². The fourth-order valence-corrected chi connectivity index (χ4v) is 1.52. The summed E-state index contributed by atoms with van der Waals surface area (Å²) < 4.78 is 15.4. The van der Waals surface area contributed by atoms with Crippen LogP contribution in [0.1, 0.15) is 15.9 Å². The molecular weight excluding hydrogens is 196 g/mol. The van der Waals surface area contributed by atoms with E-state index in [1.54, 1.807) is 6.07 Å². The number of methoxy groups -OCH3 is 3. The molecule has 4 nitrogen and oxygen atoms in total. The molecule has 0 aromatic heterocycles. The van der Waals surface area contributed by atoms with Crippen molar-refractivity contribution in [3.05, 3.63) is 17.2 Å². The molecule has 82 valence electrons. The highest BCUT2D eigenvalue weighted by molar-refractivity contribution is 5.86. The summed E-state index contributed by atoms with van der Waals surface area (Å²) in [5.41, 5.74) is 1.20. The molecule has 1 aromatic rings. The number of aldehydes is 1. The van der Waals surface area contributed by atoms with Gasteiger partial charge in [0.1, 0.15) is 11.3 Å². The normalized spacial score (nSPS) is 9.60. The van der Waals surface area contributed by atoms with E-state index in [1.807, 2.05) is 6.92 Å². The van der Waals surface area contributed by atoms with Crippen LogP contribution in [0.3, 0.4) is 0 Å². The van der Waals surface area contributed by atoms with E-state index in [1.165, 1.54) is 21.3 Å². The van der Waals surface area contributed by atoms with E-state index < -0.39 is 0 Å². The van der Waals surface area contributed by atoms with Gasteiger partial charge in [0, 0.05) is 0 Å². The molecule has 1 aromatic carbocycles. The Hall–Kier alpha value is -1.71. The van der Waals surface area contributed by atoms with Crippen LogP contribution in [0, 0.1) is 6.92 Å². The van der Waals surface area contributed by atoms with Gasteiger partial charge in [0.15, 0.2) is 17.8 Å². The molecule has 0 spiro atoms. The fraction of sp³-hybridized carbons (Fsp3) is 0.364. The summed E-state index contributed by atoms with van der Waals surface area (Å²) in [6, 6.07) is 1.77. The standard InChI is InChI=1S/C11H14O4/c1-7-5-9(13-2)11(15-4)8(6-12)10(7)14-3/h5-6H,1-4H3. The van der Waals surface area contributed by atoms with Crippen molar-refractivity contribution in [1.82, 2.24) is 0 Å². The summed E-state index contributed by atoms with van der Waals surface area (Å²) in [7, 11) is 4.53. The molecular formula is C11H14O4. The van der Waals surface area contributed by atoms with Crippen LogP contribution in [-0.2, 0) is 0 Å². The van der Waals surface area contributed by atoms with Gasteiger partial charge in [-0.25, -0.2) is 0 Å². The molecule has 0 radical (unpaired) electrons. The van der Waals surface area contributed by atoms with E-state index in [4.69, 9.17) is 14.2 Å². The molecule has 0 amide bonds. The smallest absolute Gasteiger partial charge is 0.175 e. The number of hydrogen-bond acceptors (Lipinski definition) is 4. The third-order valence-electron chi connectivity index (χ3n) is 2.16. The van der Waals surface area contributed by atoms with Crippen molar-refractivity contribution >= 4 is 6.29 Å². The first-order chi connectivity index (χ1) is 7.19. The predicted molar refractivity (Wildman–Crippen MR) is 56.2 cm³/mol. The first-order valence-electron chi connectivity index (χ1n) is 4.44. The molecule has 0 saturated heterocycles. The first-order valence-corrected chi connectivity index (χ1v) is 4.44. The lowest BCUT2D eigenvalue weighted by Gasteiger charge is -2.14. The highest BCUT2D eigenvalue weighted by Crippen LogP contribution is 2.38. The van der Waals surface area contributed by atoms with Gasteiger partial charge in [-0.2, -0.15) is 0 Å². The first kappa shape index (κ1) is 11.4. The predicted octanol–water partition coefficient (Wildman–Crippen LogP) is 1.83. The van der Waals surface area contributed by atoms with Crippen molar-refractivity contribution in [2.75, 3.05) is 21.3 Å². The molecule has 0 fully saturated rings. The lowest BCUT2D eigenvalue weighted by Crippen LogP contribution is -2.00. The van der Waals surface area contributed by atoms with Crippen LogP contribution in [0.4, 0.5) is 0 Å². The van der Waals surface area contributed by atoms with Crippen molar-refractivity contribution in [2.45, 2.75) is 6.92 Å². The summed E-state index contributed by atoms with van der Waals surface area (Å²) in [4.78, 5) is 11.0. The molecule has 0 heterocycles. The van der Waals surface area contributed by atoms with Crippen molar-refractivity contribution in [3.8, 4) is 17.2 Å². The third-order valence-corrected chi connectivity index (χ3v) is 2.16. The topological polar surface area (TPSA) is 44.8 Å². The Morgan fingerprint density at radius 1 is 1.07 bits per heavy atom. The number of aryl methyl sites for hydroxylation is 1. The summed E-state index contributed by atoms with van der Waals surface area (Å²) in [5.74, 6) is 1.44. The number of ether oxygens (including phenoxy) is 3. The van der Waals surface area contributed by atoms with Crippen molar-refractivity contribution in [3.63, 3.8) is 0 Å². The van der Waals surface area contributed by atoms with E-state index >= 15 is 0 Å². The maximum absolute atomic E-state index is 11.0. The van der Waals surface area contributed by atoms with Gasteiger partial charge in [-0.3, -0.25) is 4.79 Å². The van der Waals surface area contributed by atoms with E-state index in [9.17, 15) is 4.79 Å². The Labute approximate surface area is 88.8 Å². The van der Waals surface area contributed by atoms with Gasteiger partial charge in [0.25, 0.3) is 0 Å². The maximum Gasteiger partial charge on any atom is 0.175 e. The SMILES string of the molecule is COc1cc(C)c(OC)c(C=O)c1OC. The molecule has 0 aliphatic rings. The zero-order valence-corrected chi connectivity index (χ0v) is 9.29. The van der Waals surface area contributed by atoms with Crippen molar-refractivity contribution < 1.29 is 19.0 Å². The molecule has 1 rings (SSSR count). The molecule has 0 aliphatic carbocycles. The van der Waals surface area contributed by atoms with E-state index in [2.05, 4.69) is 0 Å². The Morgan fingerprint density at radius 3 is 2.07 bits per heavy atom. The molecule has 0 atom stereocenters. The quantitative estimate of drug-likeness (QED) is 0.711. The Morgan fingerprint density at radius 2 is 1.67 bits per heavy atom. The summed E-state index contributed by atoms with van der Waals surface area (Å²) in [6.45, 7) is 1.84. The van der Waals surface area contributed by atoms with Gasteiger partial charge >= 0.3 is 0 Å². The van der Waals surface area contributed by atoms with E-state index in [0.717, 1.165) is 5.56 Å². The van der Waals surface area contributed by atoms with Crippen LogP contribution in [-0.4, -0.2) is 27.6 Å². The highest BCUT2D eigenvalue weighted by Gasteiger charge is 2.17. The van der Waals surface area contributed by atoms with Crippen LogP contribution >= 0.6 is 0 Å². The minimum absolute atomic E-state index is 0.372. The zero-order valence-electron chi connectivity index (χ0n) is 9.29. The van der Waals surface area contributed by atoms with Gasteiger partial charge in [-0.05, 0) is 18.6 Å². The number of benzene rings is 1. The van der Waals surface area contributed by atoms with E-state index in [-0.39, 0.29) is 0 Å². The van der Waals surface area contributed by atoms with Crippen LogP contribution in [0.5, 0.6) is 17.2 Å². The fourth-order valence-electron chi connectivity index (χ4n) is 1.52. The second-order valence-corrected chi connectivity index (χ2v) is 2.99. The second-order valence-electron chi connectivity index (χ2n) is 2.99. The van der Waals surface area contributed by atoms with Crippen LogP contribution in [0.2, 0.25) is 0 Å². The van der Waals surface area contributed by atoms with Crippen LogP contribution in [0.25, 0.3) is 0 Å². The molecule has 0 unspecified atom stereocenters. The van der Waals surface area contributed by atoms with Gasteiger partial charge in [-0.15, -0.1) is 0 Å². The maximum atomic E-state index is 11.0. The number of carbonyl (C=O) groups is 1. The van der Waals surface area contributed by atoms with Crippen molar-refractivity contribution in [1.29, 1.82) is 0 Å². The molecule has 0 aliphatic heterocycles. The van der Waals surface area contributed by atoms with E-state index in [0.29, 0.717) is 29.1 Å². The summed E-state index contributed by atoms with van der Waals surface area (Å²) >= 11 is 0. The number of carbonyl (C=O) groups excluding carboxylic acids is 1. The molecule has 0 bridgehead atoms. The lowest BCUT2D eigenvalue weighted by atomic mass is 10.1. The molecule has 0 N–H and O–H groups in total. The van der Waals surface area contributed by atoms with Crippen LogP contribution in [0.15, 0.2) is 6.07 Å². The highest BCUT2D eigenvalue weighted by atomic mass is 16.5. The van der Waals surface area contributed by atoms with Crippen LogP contribution < -0.4 is 14.2 Å². The Balaban J connectivity index is 3.51. The van der Waals surface area contributed by atoms with Gasteiger partial charge in [-0.1, -0.05) is 0 Å². The summed E-state index contributed by atoms with van der Waals surface area (Å²) in [5, 5.41) is 0. The second kappa shape index (κ2) is 4.68. The molecule has 15 heavy (non-hydrogen) atoms. The number of hydrogen-bond donors (Lipinski definition) is 0. The monoisotopic (exact) mass is 210 g/mol. The Bertz CT molecular complexity index is 371. The largest absolute Gasteiger partial charge is 0.496 e. The minimum Gasteiger partial charge on any atom is -0.496 e. The Kier molecular flexibility index (Phi) is 3.55. The minimum atomic E-state index is 0.372. The lowest BCUT2D eigenvalue weighted by molar-refractivity contribution is 0.111.